The van der Waals surface area contributed by atoms with Gasteiger partial charge in [0.1, 0.15) is 0 Å². The van der Waals surface area contributed by atoms with E-state index >= 15 is 0 Å². The highest BCUT2D eigenvalue weighted by Crippen LogP contribution is 2.37. The summed E-state index contributed by atoms with van der Waals surface area (Å²) in [5.74, 6) is 75.6. The summed E-state index contributed by atoms with van der Waals surface area (Å²) in [5.41, 5.74) is -2.97. The van der Waals surface area contributed by atoms with Crippen LogP contribution in [0.3, 0.4) is 0 Å². The fourth-order valence-electron chi connectivity index (χ4n) is 2.05. The monoisotopic (exact) mass is 608 g/mol. The van der Waals surface area contributed by atoms with Crippen molar-refractivity contribution in [2.24, 2.45) is 0 Å². The van der Waals surface area contributed by atoms with Crippen LogP contribution in [0.5, 0.6) is 0 Å². The van der Waals surface area contributed by atoms with Gasteiger partial charge in [0.25, 0.3) is 0 Å². The number of halogens is 3. The molecule has 208 valence electrons. The normalized spacial score (nSPS) is 6.46. The van der Waals surface area contributed by atoms with E-state index in [1.807, 2.05) is 0 Å². The summed E-state index contributed by atoms with van der Waals surface area (Å²) in [4.78, 5) is 6.83. The summed E-state index contributed by atoms with van der Waals surface area (Å²) in [7, 11) is 0. The zero-order chi connectivity index (χ0) is 33.4. The maximum Gasteiger partial charge on any atom is 0.446 e. The van der Waals surface area contributed by atoms with Crippen LogP contribution in [-0.2, 0) is 0 Å². The lowest BCUT2D eigenvalue weighted by Gasteiger charge is -2.04. The zero-order valence-electron chi connectivity index (χ0n) is 23.8. The number of aromatic amines is 1. The molecule has 0 aliphatic rings. The fraction of sp³-hybridized carbons (Fsp3) is 0.0750. The molecule has 0 aliphatic carbocycles. The van der Waals surface area contributed by atoms with Crippen molar-refractivity contribution in [3.63, 3.8) is 0 Å². The van der Waals surface area contributed by atoms with E-state index in [0.29, 0.717) is 11.0 Å². The Labute approximate surface area is 271 Å². The van der Waals surface area contributed by atoms with Crippen molar-refractivity contribution in [3.05, 3.63) is 24.5 Å². The number of nitrogens with one attached hydrogen (secondary N) is 1. The fourth-order valence-corrected chi connectivity index (χ4v) is 2.63. The highest BCUT2D eigenvalue weighted by molar-refractivity contribution is 8.00. The Morgan fingerprint density at radius 3 is 1.09 bits per heavy atom. The molecule has 0 radical (unpaired) electrons. The summed E-state index contributed by atoms with van der Waals surface area (Å²) in [5, 5.41) is 0. The SMILES string of the molecule is CC#CC#CC#CC#CC#CC#CC#CC#CC#CC#CC#CC#CC#CC#CC#CC.FC(F)(F)Sc1ccc2nc[nH]c2c1. The molecule has 0 aliphatic heterocycles. The predicted octanol–water partition coefficient (Wildman–Crippen LogP) is 4.25. The minimum Gasteiger partial charge on any atom is -0.345 e. The second kappa shape index (κ2) is 25.0. The highest BCUT2D eigenvalue weighted by Gasteiger charge is 2.29. The molecule has 6 heteroatoms. The molecule has 1 N–H and O–H groups in total. The van der Waals surface area contributed by atoms with E-state index in [4.69, 9.17) is 0 Å². The van der Waals surface area contributed by atoms with Crippen LogP contribution in [0.4, 0.5) is 13.2 Å². The first-order valence-corrected chi connectivity index (χ1v) is 12.8. The second-order valence-electron chi connectivity index (χ2n) is 6.63. The number of nitrogens with zero attached hydrogens (tertiary/aromatic N) is 1. The third kappa shape index (κ3) is 22.0. The molecule has 0 saturated carbocycles. The van der Waals surface area contributed by atoms with Crippen LogP contribution in [0, 0.1) is 178 Å². The average Bonchev–Trinajstić information content (AvgIpc) is 3.50. The van der Waals surface area contributed by atoms with Crippen LogP contribution in [-0.4, -0.2) is 15.5 Å². The number of thioether (sulfide) groups is 1. The molecule has 0 unspecified atom stereocenters. The van der Waals surface area contributed by atoms with Gasteiger partial charge in [-0.3, -0.25) is 0 Å². The van der Waals surface area contributed by atoms with Gasteiger partial charge >= 0.3 is 5.51 Å². The van der Waals surface area contributed by atoms with E-state index in [9.17, 15) is 13.2 Å². The zero-order valence-corrected chi connectivity index (χ0v) is 24.6. The third-order valence-electron chi connectivity index (χ3n) is 3.56. The summed E-state index contributed by atoms with van der Waals surface area (Å²) >= 11 is -0.129. The van der Waals surface area contributed by atoms with Crippen molar-refractivity contribution in [1.29, 1.82) is 0 Å². The average molecular weight is 609 g/mol. The standard InChI is InChI=1S/C32H6.C8H5F3N2S/c1-3-5-7-9-11-13-15-17-19-21-23-25-27-29-31-32-30-28-26-24-22-20-18-16-14-12-10-8-6-4-2;9-8(10,11)14-5-1-2-6-7(3-5)13-4-12-6/h1-2H3;1-4H,(H,12,13). The maximum absolute atomic E-state index is 12.0. The lowest BCUT2D eigenvalue weighted by Crippen LogP contribution is -1.98. The molecule has 0 saturated heterocycles. The van der Waals surface area contributed by atoms with Crippen molar-refractivity contribution < 1.29 is 13.2 Å². The molecule has 0 fully saturated rings. The van der Waals surface area contributed by atoms with Gasteiger partial charge in [-0.15, -0.1) is 0 Å². The molecule has 1 aromatic heterocycles. The molecule has 2 nitrogen and oxygen atoms in total. The van der Waals surface area contributed by atoms with Crippen LogP contribution in [0.15, 0.2) is 29.4 Å². The Hall–Kier alpha value is -7.77. The highest BCUT2D eigenvalue weighted by atomic mass is 32.2. The number of imidazole rings is 1. The van der Waals surface area contributed by atoms with E-state index in [-0.39, 0.29) is 16.7 Å². The summed E-state index contributed by atoms with van der Waals surface area (Å²) in [6.45, 7) is 3.39. The molecule has 0 atom stereocenters. The minimum atomic E-state index is -4.24. The van der Waals surface area contributed by atoms with Gasteiger partial charge in [0, 0.05) is 75.9 Å². The van der Waals surface area contributed by atoms with Crippen LogP contribution in [0.2, 0.25) is 0 Å². The number of aromatic nitrogens is 2. The molecule has 1 heterocycles. The summed E-state index contributed by atoms with van der Waals surface area (Å²) in [6, 6.07) is 4.39. The van der Waals surface area contributed by atoms with Crippen molar-refractivity contribution in [2.45, 2.75) is 24.3 Å². The van der Waals surface area contributed by atoms with Crippen molar-refractivity contribution in [3.8, 4) is 178 Å². The summed E-state index contributed by atoms with van der Waals surface area (Å²) in [6.07, 6.45) is 1.45. The first-order chi connectivity index (χ1) is 22.5. The smallest absolute Gasteiger partial charge is 0.345 e. The van der Waals surface area contributed by atoms with E-state index < -0.39 is 5.51 Å². The largest absolute Gasteiger partial charge is 0.446 e. The van der Waals surface area contributed by atoms with Gasteiger partial charge in [-0.25, -0.2) is 4.98 Å². The third-order valence-corrected chi connectivity index (χ3v) is 4.28. The van der Waals surface area contributed by atoms with Gasteiger partial charge in [-0.2, -0.15) is 13.2 Å². The molecular weight excluding hydrogens is 598 g/mol. The Balaban J connectivity index is 0.000000617. The van der Waals surface area contributed by atoms with Crippen LogP contribution >= 0.6 is 11.8 Å². The number of hydrogen-bond donors (Lipinski definition) is 1. The van der Waals surface area contributed by atoms with E-state index in [1.165, 1.54) is 18.5 Å². The number of rotatable bonds is 1. The molecule has 2 aromatic rings. The Morgan fingerprint density at radius 1 is 0.500 bits per heavy atom. The molecule has 1 aromatic carbocycles. The number of benzene rings is 1. The molecule has 2 rings (SSSR count). The quantitative estimate of drug-likeness (QED) is 0.388. The van der Waals surface area contributed by atoms with Crippen molar-refractivity contribution in [2.75, 3.05) is 0 Å². The van der Waals surface area contributed by atoms with Crippen LogP contribution < -0.4 is 0 Å². The van der Waals surface area contributed by atoms with E-state index in [1.54, 1.807) is 19.9 Å². The van der Waals surface area contributed by atoms with Gasteiger partial charge in [0.05, 0.1) is 17.4 Å². The number of H-pyrrole nitrogens is 1. The van der Waals surface area contributed by atoms with Crippen LogP contribution in [0.1, 0.15) is 13.8 Å². The maximum atomic E-state index is 12.0. The topological polar surface area (TPSA) is 28.7 Å². The Bertz CT molecular complexity index is 2310. The van der Waals surface area contributed by atoms with Gasteiger partial charge < -0.3 is 4.98 Å². The van der Waals surface area contributed by atoms with Gasteiger partial charge in [-0.1, -0.05) is 11.8 Å². The molecule has 0 amide bonds. The Morgan fingerprint density at radius 2 is 0.804 bits per heavy atom. The lowest BCUT2D eigenvalue weighted by molar-refractivity contribution is -0.0328. The van der Waals surface area contributed by atoms with Gasteiger partial charge in [0.2, 0.25) is 0 Å². The van der Waals surface area contributed by atoms with Gasteiger partial charge in [0.15, 0.2) is 0 Å². The molecule has 0 spiro atoms. The number of alkyl halides is 3. The predicted molar refractivity (Wildman–Crippen MR) is 176 cm³/mol. The van der Waals surface area contributed by atoms with Crippen molar-refractivity contribution >= 4 is 22.8 Å². The lowest BCUT2D eigenvalue weighted by atomic mass is 10.3. The van der Waals surface area contributed by atoms with Crippen LogP contribution in [0.25, 0.3) is 11.0 Å². The number of hydrogen-bond acceptors (Lipinski definition) is 2. The van der Waals surface area contributed by atoms with Gasteiger partial charge in [-0.05, 0) is 139 Å². The first kappa shape index (κ1) is 36.3. The first-order valence-electron chi connectivity index (χ1n) is 12.0. The van der Waals surface area contributed by atoms with E-state index in [2.05, 4.69) is 188 Å². The van der Waals surface area contributed by atoms with Crippen molar-refractivity contribution in [1.82, 2.24) is 9.97 Å². The minimum absolute atomic E-state index is 0.129. The molecular formula is C40H11F3N2S. The second-order valence-corrected chi connectivity index (χ2v) is 7.77. The Kier molecular flexibility index (Phi) is 19.7. The summed E-state index contributed by atoms with van der Waals surface area (Å²) < 4.78 is 36.0. The van der Waals surface area contributed by atoms with E-state index in [0.717, 1.165) is 0 Å². The molecule has 0 bridgehead atoms. The number of fused-ring (bicyclic) bond motifs is 1. The molecule has 46 heavy (non-hydrogen) atoms.